The lowest BCUT2D eigenvalue weighted by atomic mass is 10.1. The number of hydrogen-bond donors (Lipinski definition) is 2. The molecule has 3 N–H and O–H groups in total. The number of carbonyl (C=O) groups is 1. The van der Waals surface area contributed by atoms with Gasteiger partial charge in [0.25, 0.3) is 0 Å². The van der Waals surface area contributed by atoms with Crippen molar-refractivity contribution < 1.29 is 4.79 Å². The Hall–Kier alpha value is -2.29. The van der Waals surface area contributed by atoms with Gasteiger partial charge in [-0.1, -0.05) is 42.5 Å². The van der Waals surface area contributed by atoms with Crippen LogP contribution in [0.4, 0.5) is 5.69 Å². The van der Waals surface area contributed by atoms with E-state index in [0.29, 0.717) is 12.8 Å². The number of amides is 1. The van der Waals surface area contributed by atoms with E-state index in [1.54, 1.807) is 0 Å². The summed E-state index contributed by atoms with van der Waals surface area (Å²) >= 11 is 0. The second-order valence-corrected chi connectivity index (χ2v) is 5.56. The van der Waals surface area contributed by atoms with Gasteiger partial charge in [0, 0.05) is 12.1 Å². The standard InChI is InChI=1S/C18H20N2O/c19-16-8-4-2-6-14(16)10-12-18(21)20-17-11-9-13-5-1-3-7-15(13)17/h1-8,17H,9-12,19H2,(H,20,21). The topological polar surface area (TPSA) is 55.1 Å². The summed E-state index contributed by atoms with van der Waals surface area (Å²) in [6, 6.07) is 16.2. The van der Waals surface area contributed by atoms with Crippen molar-refractivity contribution in [1.82, 2.24) is 5.32 Å². The first-order valence-electron chi connectivity index (χ1n) is 7.44. The van der Waals surface area contributed by atoms with Crippen molar-refractivity contribution in [2.45, 2.75) is 31.7 Å². The molecule has 0 heterocycles. The molecule has 0 fully saturated rings. The summed E-state index contributed by atoms with van der Waals surface area (Å²) in [7, 11) is 0. The molecule has 1 atom stereocenters. The average molecular weight is 280 g/mol. The zero-order valence-corrected chi connectivity index (χ0v) is 12.0. The van der Waals surface area contributed by atoms with E-state index < -0.39 is 0 Å². The number of anilines is 1. The smallest absolute Gasteiger partial charge is 0.220 e. The van der Waals surface area contributed by atoms with Gasteiger partial charge in [-0.15, -0.1) is 0 Å². The fraction of sp³-hybridized carbons (Fsp3) is 0.278. The molecule has 0 aromatic heterocycles. The van der Waals surface area contributed by atoms with E-state index in [4.69, 9.17) is 5.73 Å². The molecule has 108 valence electrons. The lowest BCUT2D eigenvalue weighted by Gasteiger charge is -2.14. The fourth-order valence-electron chi connectivity index (χ4n) is 2.98. The summed E-state index contributed by atoms with van der Waals surface area (Å²) < 4.78 is 0. The molecule has 2 aromatic rings. The highest BCUT2D eigenvalue weighted by atomic mass is 16.1. The van der Waals surface area contributed by atoms with Crippen molar-refractivity contribution in [3.8, 4) is 0 Å². The lowest BCUT2D eigenvalue weighted by molar-refractivity contribution is -0.121. The molecular weight excluding hydrogens is 260 g/mol. The number of fused-ring (bicyclic) bond motifs is 1. The number of carbonyl (C=O) groups excluding carboxylic acids is 1. The number of benzene rings is 2. The third kappa shape index (κ3) is 3.07. The largest absolute Gasteiger partial charge is 0.399 e. The van der Waals surface area contributed by atoms with Crippen molar-refractivity contribution >= 4 is 11.6 Å². The molecule has 0 bridgehead atoms. The monoisotopic (exact) mass is 280 g/mol. The summed E-state index contributed by atoms with van der Waals surface area (Å²) in [5, 5.41) is 3.15. The van der Waals surface area contributed by atoms with Crippen LogP contribution in [-0.2, 0) is 17.6 Å². The minimum absolute atomic E-state index is 0.0972. The Labute approximate surface area is 125 Å². The van der Waals surface area contributed by atoms with Gasteiger partial charge in [0.05, 0.1) is 6.04 Å². The van der Waals surface area contributed by atoms with Gasteiger partial charge in [-0.2, -0.15) is 0 Å². The normalized spacial score (nSPS) is 16.5. The van der Waals surface area contributed by atoms with Crippen LogP contribution in [0.1, 0.15) is 35.6 Å². The molecule has 3 nitrogen and oxygen atoms in total. The summed E-state index contributed by atoms with van der Waals surface area (Å²) in [5.74, 6) is 0.0972. The van der Waals surface area contributed by atoms with Crippen molar-refractivity contribution in [2.75, 3.05) is 5.73 Å². The number of nitrogen functional groups attached to an aromatic ring is 1. The average Bonchev–Trinajstić information content (AvgIpc) is 2.90. The van der Waals surface area contributed by atoms with Gasteiger partial charge in [0.15, 0.2) is 0 Å². The SMILES string of the molecule is Nc1ccccc1CCC(=O)NC1CCc2ccccc21. The van der Waals surface area contributed by atoms with E-state index in [9.17, 15) is 4.79 Å². The maximum atomic E-state index is 12.1. The zero-order valence-electron chi connectivity index (χ0n) is 12.0. The minimum Gasteiger partial charge on any atom is -0.399 e. The second-order valence-electron chi connectivity index (χ2n) is 5.56. The molecule has 0 aliphatic heterocycles. The van der Waals surface area contributed by atoms with E-state index >= 15 is 0 Å². The molecular formula is C18H20N2O. The third-order valence-corrected chi connectivity index (χ3v) is 4.14. The Kier molecular flexibility index (Phi) is 3.91. The predicted octanol–water partition coefficient (Wildman–Crippen LogP) is 3.01. The quantitative estimate of drug-likeness (QED) is 0.846. The van der Waals surface area contributed by atoms with E-state index in [1.165, 1.54) is 11.1 Å². The van der Waals surface area contributed by atoms with Crippen LogP contribution in [0.25, 0.3) is 0 Å². The van der Waals surface area contributed by atoms with Gasteiger partial charge in [0.1, 0.15) is 0 Å². The molecule has 3 heteroatoms. The first-order valence-corrected chi connectivity index (χ1v) is 7.44. The molecule has 21 heavy (non-hydrogen) atoms. The summed E-state index contributed by atoms with van der Waals surface area (Å²) in [6.45, 7) is 0. The van der Waals surface area contributed by atoms with Crippen molar-refractivity contribution in [3.63, 3.8) is 0 Å². The molecule has 0 radical (unpaired) electrons. The lowest BCUT2D eigenvalue weighted by Crippen LogP contribution is -2.27. The number of rotatable bonds is 4. The molecule has 0 saturated carbocycles. The van der Waals surface area contributed by atoms with E-state index in [-0.39, 0.29) is 11.9 Å². The first-order chi connectivity index (χ1) is 10.2. The van der Waals surface area contributed by atoms with Gasteiger partial charge in [-0.3, -0.25) is 4.79 Å². The molecule has 1 amide bonds. The van der Waals surface area contributed by atoms with E-state index in [2.05, 4.69) is 23.5 Å². The number of nitrogens with one attached hydrogen (secondary N) is 1. The van der Waals surface area contributed by atoms with Crippen LogP contribution >= 0.6 is 0 Å². The zero-order chi connectivity index (χ0) is 14.7. The van der Waals surface area contributed by atoms with Crippen molar-refractivity contribution in [1.29, 1.82) is 0 Å². The molecule has 3 rings (SSSR count). The Morgan fingerprint density at radius 3 is 2.76 bits per heavy atom. The molecule has 2 aromatic carbocycles. The molecule has 0 spiro atoms. The van der Waals surface area contributed by atoms with Gasteiger partial charge in [-0.05, 0) is 42.0 Å². The van der Waals surface area contributed by atoms with Crippen LogP contribution in [0.15, 0.2) is 48.5 Å². The van der Waals surface area contributed by atoms with E-state index in [1.807, 2.05) is 30.3 Å². The molecule has 1 unspecified atom stereocenters. The minimum atomic E-state index is 0.0972. The predicted molar refractivity (Wildman–Crippen MR) is 84.8 cm³/mol. The number of aryl methyl sites for hydroxylation is 2. The van der Waals surface area contributed by atoms with Gasteiger partial charge in [0.2, 0.25) is 5.91 Å². The van der Waals surface area contributed by atoms with Gasteiger partial charge >= 0.3 is 0 Å². The highest BCUT2D eigenvalue weighted by Crippen LogP contribution is 2.30. The fourth-order valence-corrected chi connectivity index (χ4v) is 2.98. The maximum absolute atomic E-state index is 12.1. The highest BCUT2D eigenvalue weighted by Gasteiger charge is 2.23. The van der Waals surface area contributed by atoms with Gasteiger partial charge in [-0.25, -0.2) is 0 Å². The number of hydrogen-bond acceptors (Lipinski definition) is 2. The Bertz CT molecular complexity index is 651. The third-order valence-electron chi connectivity index (χ3n) is 4.14. The van der Waals surface area contributed by atoms with E-state index in [0.717, 1.165) is 24.1 Å². The van der Waals surface area contributed by atoms with Crippen LogP contribution in [0.3, 0.4) is 0 Å². The van der Waals surface area contributed by atoms with Crippen LogP contribution in [0.5, 0.6) is 0 Å². The van der Waals surface area contributed by atoms with Gasteiger partial charge < -0.3 is 11.1 Å². The van der Waals surface area contributed by atoms with Crippen LogP contribution in [0, 0.1) is 0 Å². The van der Waals surface area contributed by atoms with Crippen LogP contribution < -0.4 is 11.1 Å². The number of nitrogens with two attached hydrogens (primary N) is 1. The molecule has 0 saturated heterocycles. The molecule has 1 aliphatic rings. The Morgan fingerprint density at radius 1 is 1.14 bits per heavy atom. The van der Waals surface area contributed by atoms with Crippen LogP contribution in [-0.4, -0.2) is 5.91 Å². The summed E-state index contributed by atoms with van der Waals surface area (Å²) in [4.78, 5) is 12.1. The number of para-hydroxylation sites is 1. The molecule has 1 aliphatic carbocycles. The van der Waals surface area contributed by atoms with Crippen LogP contribution in [0.2, 0.25) is 0 Å². The Morgan fingerprint density at radius 2 is 1.90 bits per heavy atom. The highest BCUT2D eigenvalue weighted by molar-refractivity contribution is 5.77. The van der Waals surface area contributed by atoms with Crippen molar-refractivity contribution in [3.05, 3.63) is 65.2 Å². The second kappa shape index (κ2) is 6.00. The summed E-state index contributed by atoms with van der Waals surface area (Å²) in [5.41, 5.74) is 10.3. The first kappa shape index (κ1) is 13.7. The summed E-state index contributed by atoms with van der Waals surface area (Å²) in [6.07, 6.45) is 3.21. The maximum Gasteiger partial charge on any atom is 0.220 e. The Balaban J connectivity index is 1.57. The van der Waals surface area contributed by atoms with Crippen molar-refractivity contribution in [2.24, 2.45) is 0 Å².